The number of hydrogen-bond donors (Lipinski definition) is 2. The maximum atomic E-state index is 5.90. The van der Waals surface area contributed by atoms with Crippen LogP contribution in [-0.2, 0) is 6.42 Å². The van der Waals surface area contributed by atoms with E-state index in [1.54, 1.807) is 0 Å². The molecule has 2 atom stereocenters. The molecule has 2 aromatic rings. The van der Waals surface area contributed by atoms with E-state index in [1.807, 2.05) is 13.8 Å². The van der Waals surface area contributed by atoms with Gasteiger partial charge >= 0.3 is 0 Å². The monoisotopic (exact) mass is 368 g/mol. The lowest BCUT2D eigenvalue weighted by atomic mass is 10.1. The van der Waals surface area contributed by atoms with E-state index >= 15 is 0 Å². The molecule has 0 heterocycles. The Balaban J connectivity index is 1.58. The Morgan fingerprint density at radius 1 is 0.778 bits per heavy atom. The summed E-state index contributed by atoms with van der Waals surface area (Å²) in [7, 11) is 0. The van der Waals surface area contributed by atoms with Crippen LogP contribution in [0.4, 0.5) is 0 Å². The highest BCUT2D eigenvalue weighted by Gasteiger charge is 2.19. The minimum atomic E-state index is 0.234. The Morgan fingerprint density at radius 3 is 1.63 bits per heavy atom. The summed E-state index contributed by atoms with van der Waals surface area (Å²) in [5.74, 6) is 1.89. The first-order valence-corrected chi connectivity index (χ1v) is 10.1. The summed E-state index contributed by atoms with van der Waals surface area (Å²) in [5, 5.41) is 0. The Labute approximate surface area is 162 Å². The Morgan fingerprint density at radius 2 is 1.22 bits per heavy atom. The van der Waals surface area contributed by atoms with E-state index in [0.29, 0.717) is 13.2 Å². The standard InChI is InChI=1S/C23H32N2O2/c1-16(24)5-3-11-26-20-7-9-22-18(14-20)13-19-15-21(8-10-23(19)22)27-12-4-6-17(2)25/h7-10,14-17H,3-6,11-13,24-25H2,1-2H3. The van der Waals surface area contributed by atoms with E-state index in [2.05, 4.69) is 36.4 Å². The highest BCUT2D eigenvalue weighted by atomic mass is 16.5. The van der Waals surface area contributed by atoms with Crippen LogP contribution in [0.2, 0.25) is 0 Å². The van der Waals surface area contributed by atoms with Crippen molar-refractivity contribution in [1.29, 1.82) is 0 Å². The van der Waals surface area contributed by atoms with Gasteiger partial charge in [-0.25, -0.2) is 0 Å². The number of hydrogen-bond acceptors (Lipinski definition) is 4. The lowest BCUT2D eigenvalue weighted by Crippen LogP contribution is -2.15. The van der Waals surface area contributed by atoms with Crippen LogP contribution in [0, 0.1) is 0 Å². The van der Waals surface area contributed by atoms with Gasteiger partial charge in [-0.2, -0.15) is 0 Å². The summed E-state index contributed by atoms with van der Waals surface area (Å²) in [4.78, 5) is 0. The largest absolute Gasteiger partial charge is 0.494 e. The minimum Gasteiger partial charge on any atom is -0.494 e. The molecule has 27 heavy (non-hydrogen) atoms. The fourth-order valence-electron chi connectivity index (χ4n) is 3.53. The SMILES string of the molecule is CC(N)CCCOc1ccc2c(c1)Cc1cc(OCCCC(C)N)ccc1-2. The predicted octanol–water partition coefficient (Wildman–Crippen LogP) is 4.27. The van der Waals surface area contributed by atoms with Crippen LogP contribution in [-0.4, -0.2) is 25.3 Å². The third kappa shape index (κ3) is 5.47. The molecular formula is C23H32N2O2. The molecule has 4 nitrogen and oxygen atoms in total. The lowest BCUT2D eigenvalue weighted by Gasteiger charge is -2.10. The molecule has 0 spiro atoms. The third-order valence-corrected chi connectivity index (χ3v) is 4.97. The van der Waals surface area contributed by atoms with Gasteiger partial charge in [0.05, 0.1) is 13.2 Å². The third-order valence-electron chi connectivity index (χ3n) is 4.97. The van der Waals surface area contributed by atoms with Crippen LogP contribution >= 0.6 is 0 Å². The molecule has 0 fully saturated rings. The van der Waals surface area contributed by atoms with E-state index in [4.69, 9.17) is 20.9 Å². The number of fused-ring (bicyclic) bond motifs is 3. The molecule has 3 rings (SSSR count). The zero-order valence-corrected chi connectivity index (χ0v) is 16.5. The van der Waals surface area contributed by atoms with Gasteiger partial charge in [-0.1, -0.05) is 12.1 Å². The van der Waals surface area contributed by atoms with Gasteiger partial charge in [0.2, 0.25) is 0 Å². The number of ether oxygens (including phenoxy) is 2. The van der Waals surface area contributed by atoms with Crippen molar-refractivity contribution in [2.75, 3.05) is 13.2 Å². The van der Waals surface area contributed by atoms with E-state index in [1.165, 1.54) is 22.3 Å². The average Bonchev–Trinajstić information content (AvgIpc) is 2.99. The normalized spacial score (nSPS) is 14.4. The van der Waals surface area contributed by atoms with Crippen LogP contribution in [0.1, 0.15) is 50.7 Å². The van der Waals surface area contributed by atoms with Crippen LogP contribution in [0.3, 0.4) is 0 Å². The van der Waals surface area contributed by atoms with Gasteiger partial charge in [0, 0.05) is 12.1 Å². The van der Waals surface area contributed by atoms with Crippen LogP contribution < -0.4 is 20.9 Å². The molecule has 146 valence electrons. The molecule has 2 aromatic carbocycles. The maximum absolute atomic E-state index is 5.90. The molecule has 4 N–H and O–H groups in total. The fourth-order valence-corrected chi connectivity index (χ4v) is 3.53. The fraction of sp³-hybridized carbons (Fsp3) is 0.478. The summed E-state index contributed by atoms with van der Waals surface area (Å²) < 4.78 is 11.8. The van der Waals surface area contributed by atoms with E-state index in [0.717, 1.165) is 43.6 Å². The molecule has 0 amide bonds. The van der Waals surface area contributed by atoms with Gasteiger partial charge in [0.15, 0.2) is 0 Å². The number of benzene rings is 2. The summed E-state index contributed by atoms with van der Waals surface area (Å²) in [5.41, 5.74) is 16.8. The summed E-state index contributed by atoms with van der Waals surface area (Å²) >= 11 is 0. The van der Waals surface area contributed by atoms with E-state index in [-0.39, 0.29) is 12.1 Å². The molecule has 1 aliphatic rings. The highest BCUT2D eigenvalue weighted by molar-refractivity contribution is 5.78. The number of rotatable bonds is 10. The molecule has 0 bridgehead atoms. The van der Waals surface area contributed by atoms with Gasteiger partial charge in [-0.3, -0.25) is 0 Å². The molecule has 0 saturated carbocycles. The van der Waals surface area contributed by atoms with Crippen LogP contribution in [0.15, 0.2) is 36.4 Å². The van der Waals surface area contributed by atoms with Gasteiger partial charge in [0.1, 0.15) is 11.5 Å². The molecule has 0 aliphatic heterocycles. The first-order chi connectivity index (χ1) is 13.0. The highest BCUT2D eigenvalue weighted by Crippen LogP contribution is 2.39. The second-order valence-electron chi connectivity index (χ2n) is 7.75. The van der Waals surface area contributed by atoms with Crippen molar-refractivity contribution in [3.05, 3.63) is 47.5 Å². The van der Waals surface area contributed by atoms with Gasteiger partial charge < -0.3 is 20.9 Å². The topological polar surface area (TPSA) is 70.5 Å². The van der Waals surface area contributed by atoms with Crippen molar-refractivity contribution in [3.8, 4) is 22.6 Å². The van der Waals surface area contributed by atoms with E-state index in [9.17, 15) is 0 Å². The van der Waals surface area contributed by atoms with Crippen molar-refractivity contribution in [2.45, 2.75) is 58.0 Å². The van der Waals surface area contributed by atoms with Crippen molar-refractivity contribution >= 4 is 0 Å². The molecule has 0 radical (unpaired) electrons. The minimum absolute atomic E-state index is 0.234. The van der Waals surface area contributed by atoms with Crippen LogP contribution in [0.25, 0.3) is 11.1 Å². The molecule has 1 aliphatic carbocycles. The first kappa shape index (κ1) is 19.7. The van der Waals surface area contributed by atoms with Gasteiger partial charge in [-0.05, 0) is 92.5 Å². The molecule has 0 saturated heterocycles. The molecule has 0 aromatic heterocycles. The molecule has 2 unspecified atom stereocenters. The van der Waals surface area contributed by atoms with Gasteiger partial charge in [0.25, 0.3) is 0 Å². The van der Waals surface area contributed by atoms with E-state index < -0.39 is 0 Å². The number of nitrogens with two attached hydrogens (primary N) is 2. The summed E-state index contributed by atoms with van der Waals surface area (Å²) in [6.07, 6.45) is 4.88. The molecule has 4 heteroatoms. The zero-order chi connectivity index (χ0) is 19.2. The quantitative estimate of drug-likeness (QED) is 0.524. The average molecular weight is 369 g/mol. The predicted molar refractivity (Wildman–Crippen MR) is 111 cm³/mol. The van der Waals surface area contributed by atoms with Crippen LogP contribution in [0.5, 0.6) is 11.5 Å². The zero-order valence-electron chi connectivity index (χ0n) is 16.5. The maximum Gasteiger partial charge on any atom is 0.119 e. The summed E-state index contributed by atoms with van der Waals surface area (Å²) in [6.45, 7) is 5.49. The summed E-state index contributed by atoms with van der Waals surface area (Å²) in [6, 6.07) is 13.3. The Bertz CT molecular complexity index is 693. The van der Waals surface area contributed by atoms with Crippen molar-refractivity contribution in [2.24, 2.45) is 11.5 Å². The lowest BCUT2D eigenvalue weighted by molar-refractivity contribution is 0.302. The molecular weight excluding hydrogens is 336 g/mol. The smallest absolute Gasteiger partial charge is 0.119 e. The van der Waals surface area contributed by atoms with Crippen molar-refractivity contribution in [1.82, 2.24) is 0 Å². The Kier molecular flexibility index (Phi) is 6.75. The second kappa shape index (κ2) is 9.25. The Hall–Kier alpha value is -2.04. The van der Waals surface area contributed by atoms with Crippen molar-refractivity contribution in [3.63, 3.8) is 0 Å². The second-order valence-corrected chi connectivity index (χ2v) is 7.75. The van der Waals surface area contributed by atoms with Crippen molar-refractivity contribution < 1.29 is 9.47 Å². The van der Waals surface area contributed by atoms with Gasteiger partial charge in [-0.15, -0.1) is 0 Å². The first-order valence-electron chi connectivity index (χ1n) is 10.1.